The minimum absolute atomic E-state index is 0.0000945. The SMILES string of the molecule is CC(=O)SCC1CC(=O)N(C2=NC(=O)CS2)C1. The fourth-order valence-corrected chi connectivity index (χ4v) is 3.26. The topological polar surface area (TPSA) is 66.8 Å². The average molecular weight is 272 g/mol. The number of hydrogen-bond acceptors (Lipinski definition) is 5. The first-order valence-corrected chi connectivity index (χ1v) is 7.21. The second kappa shape index (κ2) is 5.22. The molecule has 2 aliphatic rings. The number of nitrogens with zero attached hydrogens (tertiary/aromatic N) is 2. The maximum Gasteiger partial charge on any atom is 0.258 e. The van der Waals surface area contributed by atoms with Crippen molar-refractivity contribution in [2.45, 2.75) is 13.3 Å². The first-order chi connectivity index (χ1) is 8.06. The van der Waals surface area contributed by atoms with Crippen molar-refractivity contribution in [3.05, 3.63) is 0 Å². The minimum Gasteiger partial charge on any atom is -0.291 e. The monoisotopic (exact) mass is 272 g/mol. The summed E-state index contributed by atoms with van der Waals surface area (Å²) in [6.45, 7) is 2.09. The Balaban J connectivity index is 1.93. The van der Waals surface area contributed by atoms with Gasteiger partial charge < -0.3 is 0 Å². The highest BCUT2D eigenvalue weighted by atomic mass is 32.2. The summed E-state index contributed by atoms with van der Waals surface area (Å²) in [4.78, 5) is 39.0. The molecule has 0 bridgehead atoms. The van der Waals surface area contributed by atoms with E-state index in [1.165, 1.54) is 30.4 Å². The first-order valence-electron chi connectivity index (χ1n) is 5.24. The van der Waals surface area contributed by atoms with Gasteiger partial charge in [0.05, 0.1) is 5.75 Å². The smallest absolute Gasteiger partial charge is 0.258 e. The van der Waals surface area contributed by atoms with E-state index in [-0.39, 0.29) is 22.8 Å². The number of rotatable bonds is 2. The molecule has 5 nitrogen and oxygen atoms in total. The van der Waals surface area contributed by atoms with E-state index < -0.39 is 0 Å². The Morgan fingerprint density at radius 3 is 2.94 bits per heavy atom. The molecule has 17 heavy (non-hydrogen) atoms. The molecule has 0 aliphatic carbocycles. The van der Waals surface area contributed by atoms with Crippen LogP contribution in [0.3, 0.4) is 0 Å². The molecule has 1 atom stereocenters. The molecule has 1 saturated heterocycles. The Hall–Kier alpha value is -0.820. The van der Waals surface area contributed by atoms with E-state index in [4.69, 9.17) is 0 Å². The molecule has 1 fully saturated rings. The van der Waals surface area contributed by atoms with Crippen molar-refractivity contribution < 1.29 is 14.4 Å². The number of likely N-dealkylation sites (tertiary alicyclic amines) is 1. The van der Waals surface area contributed by atoms with Crippen LogP contribution in [0.15, 0.2) is 4.99 Å². The molecule has 0 aromatic heterocycles. The van der Waals surface area contributed by atoms with E-state index in [1.807, 2.05) is 0 Å². The third-order valence-electron chi connectivity index (χ3n) is 2.50. The van der Waals surface area contributed by atoms with Gasteiger partial charge in [0.25, 0.3) is 5.91 Å². The van der Waals surface area contributed by atoms with Crippen molar-refractivity contribution in [3.63, 3.8) is 0 Å². The number of carbonyl (C=O) groups excluding carboxylic acids is 3. The van der Waals surface area contributed by atoms with Gasteiger partial charge >= 0.3 is 0 Å². The Labute approximate surface area is 107 Å². The molecule has 2 aliphatic heterocycles. The zero-order valence-electron chi connectivity index (χ0n) is 9.34. The van der Waals surface area contributed by atoms with Crippen LogP contribution in [0.2, 0.25) is 0 Å². The zero-order chi connectivity index (χ0) is 12.4. The van der Waals surface area contributed by atoms with Crippen molar-refractivity contribution in [2.24, 2.45) is 10.9 Å². The predicted octanol–water partition coefficient (Wildman–Crippen LogP) is 0.744. The van der Waals surface area contributed by atoms with Gasteiger partial charge in [-0.1, -0.05) is 23.5 Å². The molecule has 2 heterocycles. The van der Waals surface area contributed by atoms with E-state index in [9.17, 15) is 14.4 Å². The Morgan fingerprint density at radius 2 is 2.35 bits per heavy atom. The van der Waals surface area contributed by atoms with Gasteiger partial charge in [0.1, 0.15) is 0 Å². The lowest BCUT2D eigenvalue weighted by atomic mass is 10.1. The van der Waals surface area contributed by atoms with Gasteiger partial charge in [-0.15, -0.1) is 0 Å². The maximum atomic E-state index is 11.7. The predicted molar refractivity (Wildman–Crippen MR) is 67.9 cm³/mol. The van der Waals surface area contributed by atoms with Crippen LogP contribution in [0.25, 0.3) is 0 Å². The number of aliphatic imine (C=N–C) groups is 1. The lowest BCUT2D eigenvalue weighted by Gasteiger charge is -2.14. The summed E-state index contributed by atoms with van der Waals surface area (Å²) in [6.07, 6.45) is 0.439. The van der Waals surface area contributed by atoms with Gasteiger partial charge in [-0.05, 0) is 5.92 Å². The van der Waals surface area contributed by atoms with Crippen molar-refractivity contribution in [2.75, 3.05) is 18.1 Å². The molecule has 0 radical (unpaired) electrons. The van der Waals surface area contributed by atoms with Gasteiger partial charge in [-0.25, -0.2) is 0 Å². The lowest BCUT2D eigenvalue weighted by molar-refractivity contribution is -0.124. The van der Waals surface area contributed by atoms with Crippen LogP contribution >= 0.6 is 23.5 Å². The third kappa shape index (κ3) is 3.10. The summed E-state index contributed by atoms with van der Waals surface area (Å²) in [5, 5.41) is 0.592. The van der Waals surface area contributed by atoms with Gasteiger partial charge in [-0.3, -0.25) is 19.3 Å². The van der Waals surface area contributed by atoms with Gasteiger partial charge in [0.15, 0.2) is 10.3 Å². The normalized spacial score (nSPS) is 24.4. The van der Waals surface area contributed by atoms with E-state index >= 15 is 0 Å². The summed E-state index contributed by atoms with van der Waals surface area (Å²) < 4.78 is 0. The Morgan fingerprint density at radius 1 is 1.59 bits per heavy atom. The second-order valence-electron chi connectivity index (χ2n) is 3.95. The number of amidine groups is 1. The molecule has 92 valence electrons. The Kier molecular flexibility index (Phi) is 3.88. The van der Waals surface area contributed by atoms with E-state index in [1.54, 1.807) is 4.90 Å². The van der Waals surface area contributed by atoms with Crippen molar-refractivity contribution in [1.29, 1.82) is 0 Å². The number of amides is 2. The standard InChI is InChI=1S/C10H12N2O3S2/c1-6(13)16-4-7-2-9(15)12(3-7)10-11-8(14)5-17-10/h7H,2-5H2,1H3. The number of carbonyl (C=O) groups is 3. The highest BCUT2D eigenvalue weighted by molar-refractivity contribution is 8.14. The maximum absolute atomic E-state index is 11.7. The fraction of sp³-hybridized carbons (Fsp3) is 0.600. The molecule has 0 aromatic carbocycles. The molecule has 2 rings (SSSR count). The molecular formula is C10H12N2O3S2. The van der Waals surface area contributed by atoms with Crippen LogP contribution in [0.5, 0.6) is 0 Å². The molecule has 0 spiro atoms. The molecule has 1 unspecified atom stereocenters. The van der Waals surface area contributed by atoms with E-state index in [2.05, 4.69) is 4.99 Å². The molecule has 0 N–H and O–H groups in total. The largest absolute Gasteiger partial charge is 0.291 e. The minimum atomic E-state index is -0.181. The third-order valence-corrected chi connectivity index (χ3v) is 4.51. The Bertz CT molecular complexity index is 408. The summed E-state index contributed by atoms with van der Waals surface area (Å²) in [7, 11) is 0. The van der Waals surface area contributed by atoms with Crippen molar-refractivity contribution in [1.82, 2.24) is 4.90 Å². The van der Waals surface area contributed by atoms with Gasteiger partial charge in [-0.2, -0.15) is 4.99 Å². The molecular weight excluding hydrogens is 260 g/mol. The van der Waals surface area contributed by atoms with Crippen LogP contribution in [-0.4, -0.2) is 45.0 Å². The molecule has 0 saturated carbocycles. The highest BCUT2D eigenvalue weighted by Gasteiger charge is 2.35. The summed E-state index contributed by atoms with van der Waals surface area (Å²) >= 11 is 2.55. The van der Waals surface area contributed by atoms with E-state index in [0.717, 1.165) is 0 Å². The van der Waals surface area contributed by atoms with Gasteiger partial charge in [0.2, 0.25) is 5.91 Å². The van der Waals surface area contributed by atoms with E-state index in [0.29, 0.717) is 29.6 Å². The zero-order valence-corrected chi connectivity index (χ0v) is 11.0. The summed E-state index contributed by atoms with van der Waals surface area (Å²) in [5.74, 6) is 0.977. The number of thioether (sulfide) groups is 2. The van der Waals surface area contributed by atoms with Crippen LogP contribution < -0.4 is 0 Å². The quantitative estimate of drug-likeness (QED) is 0.742. The fourth-order valence-electron chi connectivity index (χ4n) is 1.75. The second-order valence-corrected chi connectivity index (χ2v) is 6.09. The first kappa shape index (κ1) is 12.6. The van der Waals surface area contributed by atoms with Crippen LogP contribution in [0.1, 0.15) is 13.3 Å². The summed E-state index contributed by atoms with van der Waals surface area (Å²) in [6, 6.07) is 0. The summed E-state index contributed by atoms with van der Waals surface area (Å²) in [5.41, 5.74) is 0. The lowest BCUT2D eigenvalue weighted by Crippen LogP contribution is -2.29. The van der Waals surface area contributed by atoms with Crippen LogP contribution in [0.4, 0.5) is 0 Å². The van der Waals surface area contributed by atoms with Crippen molar-refractivity contribution >= 4 is 45.6 Å². The average Bonchev–Trinajstić information content (AvgIpc) is 2.82. The molecule has 0 aromatic rings. The highest BCUT2D eigenvalue weighted by Crippen LogP contribution is 2.27. The van der Waals surface area contributed by atoms with Crippen molar-refractivity contribution in [3.8, 4) is 0 Å². The molecule has 7 heteroatoms. The molecule has 2 amide bonds. The van der Waals surface area contributed by atoms with Crippen LogP contribution in [0, 0.1) is 5.92 Å². The van der Waals surface area contributed by atoms with Gasteiger partial charge in [0, 0.05) is 25.6 Å². The number of hydrogen-bond donors (Lipinski definition) is 0. The van der Waals surface area contributed by atoms with Crippen LogP contribution in [-0.2, 0) is 14.4 Å².